The summed E-state index contributed by atoms with van der Waals surface area (Å²) < 4.78 is 20.9. The van der Waals surface area contributed by atoms with Crippen LogP contribution in [0, 0.1) is 0 Å². The highest BCUT2D eigenvalue weighted by Gasteiger charge is 2.16. The molecule has 2 aromatic heterocycles. The van der Waals surface area contributed by atoms with Gasteiger partial charge in [0, 0.05) is 19.3 Å². The van der Waals surface area contributed by atoms with Crippen LogP contribution in [-0.4, -0.2) is 43.3 Å². The van der Waals surface area contributed by atoms with Gasteiger partial charge in [-0.15, -0.1) is 5.10 Å². The molecule has 0 spiro atoms. The van der Waals surface area contributed by atoms with E-state index in [1.807, 2.05) is 37.3 Å². The molecule has 31 heavy (non-hydrogen) atoms. The number of tetrazole rings is 1. The Balaban J connectivity index is 1.60. The largest absolute Gasteiger partial charge is 0.497 e. The summed E-state index contributed by atoms with van der Waals surface area (Å²) in [6.45, 7) is 2.49. The van der Waals surface area contributed by atoms with Crippen molar-refractivity contribution in [1.82, 2.24) is 29.6 Å². The lowest BCUT2D eigenvalue weighted by molar-refractivity contribution is 0.275. The Kier molecular flexibility index (Phi) is 5.69. The third-order valence-corrected chi connectivity index (χ3v) is 4.62. The van der Waals surface area contributed by atoms with E-state index >= 15 is 0 Å². The molecule has 0 saturated heterocycles. The summed E-state index contributed by atoms with van der Waals surface area (Å²) in [6.07, 6.45) is 1.81. The van der Waals surface area contributed by atoms with Gasteiger partial charge in [-0.05, 0) is 53.7 Å². The van der Waals surface area contributed by atoms with Crippen LogP contribution in [0.1, 0.15) is 12.5 Å². The third-order valence-electron chi connectivity index (χ3n) is 4.62. The monoisotopic (exact) mass is 422 g/mol. The number of nitrogens with zero attached hydrogens (tertiary/aromatic N) is 6. The van der Waals surface area contributed by atoms with E-state index in [0.29, 0.717) is 29.5 Å². The van der Waals surface area contributed by atoms with Crippen molar-refractivity contribution in [2.24, 2.45) is 7.05 Å². The van der Waals surface area contributed by atoms with Crippen LogP contribution < -0.4 is 19.9 Å². The van der Waals surface area contributed by atoms with Crippen LogP contribution in [0.2, 0.25) is 0 Å². The molecule has 0 fully saturated rings. The minimum Gasteiger partial charge on any atom is -0.497 e. The Morgan fingerprint density at radius 1 is 1.00 bits per heavy atom. The summed E-state index contributed by atoms with van der Waals surface area (Å²) in [5.74, 6) is 1.80. The first-order valence-electron chi connectivity index (χ1n) is 9.67. The quantitative estimate of drug-likeness (QED) is 0.429. The van der Waals surface area contributed by atoms with Gasteiger partial charge in [0.25, 0.3) is 0 Å². The van der Waals surface area contributed by atoms with E-state index < -0.39 is 0 Å². The van der Waals surface area contributed by atoms with E-state index in [2.05, 4.69) is 15.5 Å². The van der Waals surface area contributed by atoms with Gasteiger partial charge in [0.05, 0.1) is 30.7 Å². The molecular formula is C21H22N6O4. The molecule has 0 bridgehead atoms. The lowest BCUT2D eigenvalue weighted by Crippen LogP contribution is -2.23. The van der Waals surface area contributed by atoms with Gasteiger partial charge in [-0.1, -0.05) is 6.07 Å². The number of benzene rings is 2. The van der Waals surface area contributed by atoms with Gasteiger partial charge in [-0.25, -0.2) is 9.48 Å². The van der Waals surface area contributed by atoms with Gasteiger partial charge in [-0.2, -0.15) is 9.36 Å². The second kappa shape index (κ2) is 8.74. The number of rotatable bonds is 8. The van der Waals surface area contributed by atoms with Gasteiger partial charge < -0.3 is 14.2 Å². The number of aromatic nitrogens is 6. The third kappa shape index (κ3) is 4.13. The van der Waals surface area contributed by atoms with Crippen LogP contribution >= 0.6 is 0 Å². The molecule has 0 saturated carbocycles. The van der Waals surface area contributed by atoms with Gasteiger partial charge in [-0.3, -0.25) is 0 Å². The molecule has 0 aliphatic heterocycles. The van der Waals surface area contributed by atoms with Crippen molar-refractivity contribution in [3.63, 3.8) is 0 Å². The topological polar surface area (TPSA) is 98.2 Å². The first-order chi connectivity index (χ1) is 15.1. The van der Waals surface area contributed by atoms with Gasteiger partial charge >= 0.3 is 5.69 Å². The predicted octanol–water partition coefficient (Wildman–Crippen LogP) is 2.14. The Bertz CT molecular complexity index is 1230. The molecule has 4 rings (SSSR count). The summed E-state index contributed by atoms with van der Waals surface area (Å²) in [5.41, 5.74) is 1.72. The fraction of sp³-hybridized carbons (Fsp3) is 0.238. The normalized spacial score (nSPS) is 10.8. The lowest BCUT2D eigenvalue weighted by Gasteiger charge is -2.14. The zero-order valence-electron chi connectivity index (χ0n) is 17.4. The minimum atomic E-state index is -0.362. The van der Waals surface area contributed by atoms with Crippen molar-refractivity contribution >= 4 is 0 Å². The Morgan fingerprint density at radius 2 is 1.81 bits per heavy atom. The summed E-state index contributed by atoms with van der Waals surface area (Å²) in [6, 6.07) is 14.7. The number of hydrogen-bond donors (Lipinski definition) is 0. The molecule has 0 N–H and O–H groups in total. The fourth-order valence-electron chi connectivity index (χ4n) is 3.06. The molecule has 2 heterocycles. The zero-order chi connectivity index (χ0) is 21.8. The predicted molar refractivity (Wildman–Crippen MR) is 112 cm³/mol. The maximum atomic E-state index is 12.4. The number of ether oxygens (including phenoxy) is 3. The van der Waals surface area contributed by atoms with Gasteiger partial charge in [0.15, 0.2) is 0 Å². The standard InChI is InChI=1S/C21H22N6O4/c1-4-30-19-7-5-6-18(27-21(28)25(2)23-24-27)17(19)14-31-20-12-13-26(22-20)15-8-10-16(29-3)11-9-15/h5-13H,4,14H2,1-3H3. The van der Waals surface area contributed by atoms with Gasteiger partial charge in [0.2, 0.25) is 5.88 Å². The average Bonchev–Trinajstić information content (AvgIpc) is 3.40. The maximum absolute atomic E-state index is 12.4. The number of hydrogen-bond acceptors (Lipinski definition) is 7. The molecule has 2 aromatic carbocycles. The van der Waals surface area contributed by atoms with Crippen molar-refractivity contribution in [2.75, 3.05) is 13.7 Å². The summed E-state index contributed by atoms with van der Waals surface area (Å²) in [7, 11) is 3.17. The van der Waals surface area contributed by atoms with Crippen molar-refractivity contribution in [3.05, 3.63) is 70.8 Å². The Morgan fingerprint density at radius 3 is 2.48 bits per heavy atom. The highest BCUT2D eigenvalue weighted by molar-refractivity contribution is 5.49. The second-order valence-electron chi connectivity index (χ2n) is 6.57. The van der Waals surface area contributed by atoms with Crippen LogP contribution in [0.4, 0.5) is 0 Å². The van der Waals surface area contributed by atoms with Crippen LogP contribution in [0.3, 0.4) is 0 Å². The molecule has 10 heteroatoms. The molecule has 10 nitrogen and oxygen atoms in total. The molecule has 0 radical (unpaired) electrons. The van der Waals surface area contributed by atoms with Crippen LogP contribution in [0.25, 0.3) is 11.4 Å². The second-order valence-corrected chi connectivity index (χ2v) is 6.57. The zero-order valence-corrected chi connectivity index (χ0v) is 17.4. The van der Waals surface area contributed by atoms with E-state index in [0.717, 1.165) is 16.1 Å². The maximum Gasteiger partial charge on any atom is 0.368 e. The SMILES string of the molecule is CCOc1cccc(-n2nnn(C)c2=O)c1COc1ccn(-c2ccc(OC)cc2)n1. The van der Waals surface area contributed by atoms with E-state index in [4.69, 9.17) is 14.2 Å². The summed E-state index contributed by atoms with van der Waals surface area (Å²) >= 11 is 0. The van der Waals surface area contributed by atoms with E-state index in [-0.39, 0.29) is 12.3 Å². The Labute approximate surface area is 178 Å². The lowest BCUT2D eigenvalue weighted by atomic mass is 10.1. The fourth-order valence-corrected chi connectivity index (χ4v) is 3.06. The van der Waals surface area contributed by atoms with Crippen LogP contribution in [0.5, 0.6) is 17.4 Å². The molecule has 0 amide bonds. The van der Waals surface area contributed by atoms with E-state index in [1.165, 1.54) is 4.68 Å². The highest BCUT2D eigenvalue weighted by atomic mass is 16.5. The summed E-state index contributed by atoms with van der Waals surface area (Å²) in [5, 5.41) is 12.2. The van der Waals surface area contributed by atoms with Gasteiger partial charge in [0.1, 0.15) is 18.1 Å². The van der Waals surface area contributed by atoms with Crippen molar-refractivity contribution in [3.8, 4) is 28.8 Å². The average molecular weight is 422 g/mol. The molecule has 0 aliphatic carbocycles. The van der Waals surface area contributed by atoms with E-state index in [1.54, 1.807) is 43.2 Å². The Hall–Kier alpha value is -4.08. The molecule has 0 atom stereocenters. The molecule has 0 aliphatic rings. The molecular weight excluding hydrogens is 400 g/mol. The van der Waals surface area contributed by atoms with Crippen molar-refractivity contribution in [2.45, 2.75) is 13.5 Å². The van der Waals surface area contributed by atoms with Crippen molar-refractivity contribution in [1.29, 1.82) is 0 Å². The van der Waals surface area contributed by atoms with Crippen LogP contribution in [-0.2, 0) is 13.7 Å². The van der Waals surface area contributed by atoms with E-state index in [9.17, 15) is 4.79 Å². The molecule has 4 aromatic rings. The molecule has 0 unspecified atom stereocenters. The molecule has 160 valence electrons. The number of methoxy groups -OCH3 is 1. The highest BCUT2D eigenvalue weighted by Crippen LogP contribution is 2.26. The number of aryl methyl sites for hydroxylation is 1. The summed E-state index contributed by atoms with van der Waals surface area (Å²) in [4.78, 5) is 12.4. The van der Waals surface area contributed by atoms with Crippen LogP contribution in [0.15, 0.2) is 59.5 Å². The van der Waals surface area contributed by atoms with Crippen molar-refractivity contribution < 1.29 is 14.2 Å². The smallest absolute Gasteiger partial charge is 0.368 e. The first-order valence-corrected chi connectivity index (χ1v) is 9.67. The first kappa shape index (κ1) is 20.2. The minimum absolute atomic E-state index is 0.133.